The van der Waals surface area contributed by atoms with Crippen LogP contribution < -0.4 is 10.1 Å². The Kier molecular flexibility index (Phi) is 5.56. The monoisotopic (exact) mass is 290 g/mol. The van der Waals surface area contributed by atoms with E-state index in [0.717, 1.165) is 17.2 Å². The first-order valence-electron chi connectivity index (χ1n) is 7.13. The van der Waals surface area contributed by atoms with Crippen LogP contribution in [0.25, 0.3) is 0 Å². The molecule has 1 N–H and O–H groups in total. The molecule has 2 unspecified atom stereocenters. The fourth-order valence-corrected chi connectivity index (χ4v) is 3.07. The molecule has 1 heterocycles. The second kappa shape index (κ2) is 7.41. The fraction of sp³-hybridized carbons (Fsp3) is 0.438. The largest absolute Gasteiger partial charge is 0.494 e. The topological polar surface area (TPSA) is 34.1 Å². The molecule has 2 rings (SSSR count). The summed E-state index contributed by atoms with van der Waals surface area (Å²) >= 11 is 1.70. The molecule has 0 aliphatic carbocycles. The standard InChI is InChI=1S/C16H22N2OS/c1-4-14(16-17-10-11-20-16)18-12(3)13-8-6-7-9-15(13)19-5-2/h6-12,14,18H,4-5H2,1-3H3. The van der Waals surface area contributed by atoms with E-state index >= 15 is 0 Å². The van der Waals surface area contributed by atoms with Gasteiger partial charge in [0, 0.05) is 23.2 Å². The van der Waals surface area contributed by atoms with Crippen LogP contribution in [-0.2, 0) is 0 Å². The van der Waals surface area contributed by atoms with Gasteiger partial charge in [-0.1, -0.05) is 25.1 Å². The van der Waals surface area contributed by atoms with E-state index in [2.05, 4.69) is 36.3 Å². The third kappa shape index (κ3) is 3.58. The lowest BCUT2D eigenvalue weighted by Gasteiger charge is -2.22. The minimum Gasteiger partial charge on any atom is -0.494 e. The second-order valence-corrected chi connectivity index (χ2v) is 5.62. The van der Waals surface area contributed by atoms with Crippen molar-refractivity contribution in [3.63, 3.8) is 0 Å². The van der Waals surface area contributed by atoms with E-state index in [1.165, 1.54) is 5.56 Å². The van der Waals surface area contributed by atoms with Gasteiger partial charge >= 0.3 is 0 Å². The van der Waals surface area contributed by atoms with E-state index < -0.39 is 0 Å². The lowest BCUT2D eigenvalue weighted by Crippen LogP contribution is -2.24. The Bertz CT molecular complexity index is 513. The number of rotatable bonds is 7. The molecule has 0 saturated carbocycles. The third-order valence-electron chi connectivity index (χ3n) is 3.29. The summed E-state index contributed by atoms with van der Waals surface area (Å²) in [4.78, 5) is 4.42. The van der Waals surface area contributed by atoms with Crippen LogP contribution in [0.5, 0.6) is 5.75 Å². The summed E-state index contributed by atoms with van der Waals surface area (Å²) in [5, 5.41) is 6.82. The van der Waals surface area contributed by atoms with E-state index in [0.29, 0.717) is 12.6 Å². The Labute approximate surface area is 125 Å². The number of hydrogen-bond acceptors (Lipinski definition) is 4. The number of thiazole rings is 1. The Balaban J connectivity index is 2.13. The van der Waals surface area contributed by atoms with Gasteiger partial charge in [-0.05, 0) is 26.3 Å². The van der Waals surface area contributed by atoms with Crippen molar-refractivity contribution in [3.05, 3.63) is 46.4 Å². The summed E-state index contributed by atoms with van der Waals surface area (Å²) in [7, 11) is 0. The minimum absolute atomic E-state index is 0.228. The summed E-state index contributed by atoms with van der Waals surface area (Å²) < 4.78 is 5.71. The average molecular weight is 290 g/mol. The molecule has 0 fully saturated rings. The SMILES string of the molecule is CCOc1ccccc1C(C)NC(CC)c1nccs1. The highest BCUT2D eigenvalue weighted by atomic mass is 32.1. The lowest BCUT2D eigenvalue weighted by atomic mass is 10.1. The van der Waals surface area contributed by atoms with Gasteiger partial charge < -0.3 is 10.1 Å². The summed E-state index contributed by atoms with van der Waals surface area (Å²) in [5.41, 5.74) is 1.20. The molecule has 20 heavy (non-hydrogen) atoms. The first-order chi connectivity index (χ1) is 9.76. The van der Waals surface area contributed by atoms with Crippen molar-refractivity contribution in [1.29, 1.82) is 0 Å². The molecule has 3 nitrogen and oxygen atoms in total. The molecule has 0 radical (unpaired) electrons. The summed E-state index contributed by atoms with van der Waals surface area (Å²) in [6.07, 6.45) is 2.89. The van der Waals surface area contributed by atoms with Crippen LogP contribution in [0.3, 0.4) is 0 Å². The van der Waals surface area contributed by atoms with Crippen molar-refractivity contribution in [1.82, 2.24) is 10.3 Å². The van der Waals surface area contributed by atoms with Crippen molar-refractivity contribution in [2.45, 2.75) is 39.3 Å². The van der Waals surface area contributed by atoms with Gasteiger partial charge in [-0.3, -0.25) is 0 Å². The highest BCUT2D eigenvalue weighted by Crippen LogP contribution is 2.28. The Hall–Kier alpha value is -1.39. The zero-order valence-corrected chi connectivity index (χ0v) is 13.1. The van der Waals surface area contributed by atoms with Crippen molar-refractivity contribution < 1.29 is 4.74 Å². The van der Waals surface area contributed by atoms with Crippen LogP contribution in [-0.4, -0.2) is 11.6 Å². The molecule has 0 aliphatic rings. The smallest absolute Gasteiger partial charge is 0.124 e. The molecule has 108 valence electrons. The van der Waals surface area contributed by atoms with Crippen molar-refractivity contribution in [3.8, 4) is 5.75 Å². The molecule has 1 aromatic carbocycles. The van der Waals surface area contributed by atoms with Crippen LogP contribution >= 0.6 is 11.3 Å². The average Bonchev–Trinajstić information content (AvgIpc) is 2.99. The van der Waals surface area contributed by atoms with Gasteiger partial charge in [-0.25, -0.2) is 4.98 Å². The van der Waals surface area contributed by atoms with Crippen LogP contribution in [0.4, 0.5) is 0 Å². The maximum Gasteiger partial charge on any atom is 0.124 e. The second-order valence-electron chi connectivity index (χ2n) is 4.69. The molecule has 2 aromatic rings. The van der Waals surface area contributed by atoms with E-state index in [1.807, 2.05) is 30.6 Å². The predicted octanol–water partition coefficient (Wildman–Crippen LogP) is 4.34. The molecular formula is C16H22N2OS. The van der Waals surface area contributed by atoms with Crippen molar-refractivity contribution in [2.75, 3.05) is 6.61 Å². The van der Waals surface area contributed by atoms with E-state index in [-0.39, 0.29) is 6.04 Å². The summed E-state index contributed by atoms with van der Waals surface area (Å²) in [6.45, 7) is 7.06. The van der Waals surface area contributed by atoms with Gasteiger partial charge in [0.1, 0.15) is 10.8 Å². The van der Waals surface area contributed by atoms with Gasteiger partial charge in [-0.2, -0.15) is 0 Å². The van der Waals surface area contributed by atoms with Gasteiger partial charge in [0.05, 0.1) is 12.6 Å². The summed E-state index contributed by atoms with van der Waals surface area (Å²) in [6, 6.07) is 8.74. The van der Waals surface area contributed by atoms with Gasteiger partial charge in [0.15, 0.2) is 0 Å². The molecule has 0 spiro atoms. The zero-order chi connectivity index (χ0) is 14.4. The predicted molar refractivity (Wildman–Crippen MR) is 84.3 cm³/mol. The first kappa shape index (κ1) is 15.0. The minimum atomic E-state index is 0.228. The molecule has 0 amide bonds. The molecule has 0 bridgehead atoms. The van der Waals surface area contributed by atoms with E-state index in [1.54, 1.807) is 11.3 Å². The Morgan fingerprint density at radius 3 is 2.75 bits per heavy atom. The number of benzene rings is 1. The van der Waals surface area contributed by atoms with E-state index in [4.69, 9.17) is 4.74 Å². The molecule has 4 heteroatoms. The van der Waals surface area contributed by atoms with Gasteiger partial charge in [-0.15, -0.1) is 11.3 Å². The molecule has 0 saturated heterocycles. The van der Waals surface area contributed by atoms with Gasteiger partial charge in [0.25, 0.3) is 0 Å². The quantitative estimate of drug-likeness (QED) is 0.823. The van der Waals surface area contributed by atoms with E-state index in [9.17, 15) is 0 Å². The van der Waals surface area contributed by atoms with Crippen molar-refractivity contribution >= 4 is 11.3 Å². The maximum absolute atomic E-state index is 5.71. The van der Waals surface area contributed by atoms with Crippen molar-refractivity contribution in [2.24, 2.45) is 0 Å². The number of nitrogens with one attached hydrogen (secondary N) is 1. The molecular weight excluding hydrogens is 268 g/mol. The van der Waals surface area contributed by atoms with Gasteiger partial charge in [0.2, 0.25) is 0 Å². The number of aromatic nitrogens is 1. The highest BCUT2D eigenvalue weighted by molar-refractivity contribution is 7.09. The maximum atomic E-state index is 5.71. The third-order valence-corrected chi connectivity index (χ3v) is 4.18. The summed E-state index contributed by atoms with van der Waals surface area (Å²) in [5.74, 6) is 0.962. The number of hydrogen-bond donors (Lipinski definition) is 1. The Morgan fingerprint density at radius 2 is 2.10 bits per heavy atom. The molecule has 2 atom stereocenters. The lowest BCUT2D eigenvalue weighted by molar-refractivity contribution is 0.329. The normalized spacial score (nSPS) is 13.9. The number of nitrogens with zero attached hydrogens (tertiary/aromatic N) is 1. The first-order valence-corrected chi connectivity index (χ1v) is 8.01. The zero-order valence-electron chi connectivity index (χ0n) is 12.3. The molecule has 0 aliphatic heterocycles. The van der Waals surface area contributed by atoms with Crippen LogP contribution in [0.1, 0.15) is 49.8 Å². The number of para-hydroxylation sites is 1. The van der Waals surface area contributed by atoms with Crippen LogP contribution in [0.15, 0.2) is 35.8 Å². The molecule has 1 aromatic heterocycles. The fourth-order valence-electron chi connectivity index (χ4n) is 2.29. The van der Waals surface area contributed by atoms with Crippen LogP contribution in [0, 0.1) is 0 Å². The highest BCUT2D eigenvalue weighted by Gasteiger charge is 2.17. The van der Waals surface area contributed by atoms with Crippen LogP contribution in [0.2, 0.25) is 0 Å². The number of ether oxygens (including phenoxy) is 1. The Morgan fingerprint density at radius 1 is 1.30 bits per heavy atom.